The van der Waals surface area contributed by atoms with Gasteiger partial charge in [-0.2, -0.15) is 4.57 Å². The van der Waals surface area contributed by atoms with Crippen molar-refractivity contribution in [1.29, 1.82) is 0 Å². The summed E-state index contributed by atoms with van der Waals surface area (Å²) >= 11 is 0. The van der Waals surface area contributed by atoms with Crippen LogP contribution in [0.3, 0.4) is 0 Å². The van der Waals surface area contributed by atoms with E-state index in [0.29, 0.717) is 5.71 Å². The summed E-state index contributed by atoms with van der Waals surface area (Å²) in [5.74, 6) is 0. The number of fused-ring (bicyclic) bond motifs is 3. The van der Waals surface area contributed by atoms with E-state index >= 15 is 0 Å². The molecule has 0 aliphatic carbocycles. The molecule has 0 aliphatic heterocycles. The number of hydrogen-bond acceptors (Lipinski definition) is 2. The minimum absolute atomic E-state index is 0. The molecule has 5 heteroatoms. The highest BCUT2D eigenvalue weighted by Crippen LogP contribution is 2.31. The average molecular weight is 391 g/mol. The van der Waals surface area contributed by atoms with Crippen LogP contribution in [0.5, 0.6) is 0 Å². The van der Waals surface area contributed by atoms with Gasteiger partial charge in [-0.15, -0.1) is 0 Å². The van der Waals surface area contributed by atoms with Crippen LogP contribution >= 0.6 is 0 Å². The van der Waals surface area contributed by atoms with Gasteiger partial charge in [0.2, 0.25) is 12.0 Å². The number of hydrogen-bond donors (Lipinski definition) is 0. The SMILES string of the molecule is Cc1ccc2c(n1)oc1c(-n3cc[n+](C)c3)cccc12.[I-]. The second kappa shape index (κ2) is 5.14. The third-order valence-corrected chi connectivity index (χ3v) is 3.53. The number of imidazole rings is 1. The van der Waals surface area contributed by atoms with Crippen LogP contribution in [0.4, 0.5) is 0 Å². The molecular weight excluding hydrogens is 377 g/mol. The number of para-hydroxylation sites is 1. The summed E-state index contributed by atoms with van der Waals surface area (Å²) in [7, 11) is 2.00. The monoisotopic (exact) mass is 391 g/mol. The fourth-order valence-corrected chi connectivity index (χ4v) is 2.55. The molecule has 4 nitrogen and oxygen atoms in total. The molecule has 0 radical (unpaired) electrons. The quantitative estimate of drug-likeness (QED) is 0.336. The number of halogens is 1. The molecule has 0 saturated heterocycles. The lowest BCUT2D eigenvalue weighted by molar-refractivity contribution is -0.670. The van der Waals surface area contributed by atoms with E-state index in [1.807, 2.05) is 49.4 Å². The summed E-state index contributed by atoms with van der Waals surface area (Å²) in [5.41, 5.74) is 3.56. The van der Waals surface area contributed by atoms with Crippen LogP contribution in [0.15, 0.2) is 53.5 Å². The fourth-order valence-electron chi connectivity index (χ4n) is 2.55. The molecule has 4 aromatic rings. The van der Waals surface area contributed by atoms with Gasteiger partial charge in [-0.3, -0.25) is 0 Å². The van der Waals surface area contributed by atoms with Crippen LogP contribution in [0, 0.1) is 6.92 Å². The summed E-state index contributed by atoms with van der Waals surface area (Å²) in [6, 6.07) is 10.3. The van der Waals surface area contributed by atoms with Crippen LogP contribution in [0.1, 0.15) is 5.69 Å². The van der Waals surface area contributed by atoms with Crippen LogP contribution in [0.2, 0.25) is 0 Å². The Hall–Kier alpha value is -1.89. The van der Waals surface area contributed by atoms with Gasteiger partial charge >= 0.3 is 0 Å². The maximum Gasteiger partial charge on any atom is 0.248 e. The van der Waals surface area contributed by atoms with Crippen molar-refractivity contribution in [3.8, 4) is 5.69 Å². The Morgan fingerprint density at radius 2 is 2.00 bits per heavy atom. The zero-order valence-corrected chi connectivity index (χ0v) is 13.9. The van der Waals surface area contributed by atoms with E-state index in [4.69, 9.17) is 4.42 Å². The summed E-state index contributed by atoms with van der Waals surface area (Å²) < 4.78 is 10.0. The Morgan fingerprint density at radius 1 is 1.14 bits per heavy atom. The molecule has 1 aromatic carbocycles. The lowest BCUT2D eigenvalue weighted by atomic mass is 10.1. The van der Waals surface area contributed by atoms with E-state index in [9.17, 15) is 0 Å². The molecule has 0 bridgehead atoms. The fraction of sp³-hybridized carbons (Fsp3) is 0.125. The highest BCUT2D eigenvalue weighted by atomic mass is 127. The Labute approximate surface area is 139 Å². The molecule has 3 heterocycles. The standard InChI is InChI=1S/C16H14N3O.HI/c1-11-6-7-13-12-4-3-5-14(15(12)20-16(13)17-11)19-9-8-18(2)10-19;/h3-10H,1-2H3;1H/q+1;/p-1. The Morgan fingerprint density at radius 3 is 2.76 bits per heavy atom. The van der Waals surface area contributed by atoms with Gasteiger partial charge < -0.3 is 28.4 Å². The summed E-state index contributed by atoms with van der Waals surface area (Å²) in [6.07, 6.45) is 6.03. The minimum atomic E-state index is 0. The van der Waals surface area contributed by atoms with Crippen molar-refractivity contribution in [2.24, 2.45) is 7.05 Å². The Bertz CT molecular complexity index is 939. The number of rotatable bonds is 1. The summed E-state index contributed by atoms with van der Waals surface area (Å²) in [5, 5.41) is 2.16. The van der Waals surface area contributed by atoms with E-state index in [0.717, 1.165) is 27.7 Å². The average Bonchev–Trinajstić information content (AvgIpc) is 3.01. The van der Waals surface area contributed by atoms with Crippen LogP contribution in [-0.2, 0) is 7.05 Å². The number of benzene rings is 1. The van der Waals surface area contributed by atoms with Gasteiger partial charge in [0, 0.05) is 16.5 Å². The largest absolute Gasteiger partial charge is 1.00 e. The normalized spacial score (nSPS) is 11.0. The second-order valence-electron chi connectivity index (χ2n) is 5.05. The van der Waals surface area contributed by atoms with E-state index in [1.165, 1.54) is 0 Å². The highest BCUT2D eigenvalue weighted by Gasteiger charge is 2.15. The molecule has 0 spiro atoms. The smallest absolute Gasteiger partial charge is 0.248 e. The van der Waals surface area contributed by atoms with Crippen molar-refractivity contribution in [3.05, 3.63) is 54.7 Å². The molecule has 0 atom stereocenters. The highest BCUT2D eigenvalue weighted by molar-refractivity contribution is 6.06. The molecule has 106 valence electrons. The van der Waals surface area contributed by atoms with Gasteiger partial charge in [0.25, 0.3) is 0 Å². The van der Waals surface area contributed by atoms with Crippen molar-refractivity contribution in [1.82, 2.24) is 9.55 Å². The molecular formula is C16H14IN3O. The first-order chi connectivity index (χ1) is 9.72. The maximum absolute atomic E-state index is 5.99. The van der Waals surface area contributed by atoms with Crippen molar-refractivity contribution in [2.75, 3.05) is 0 Å². The van der Waals surface area contributed by atoms with Crippen molar-refractivity contribution >= 4 is 22.1 Å². The first kappa shape index (κ1) is 14.1. The molecule has 0 aliphatic rings. The molecule has 0 unspecified atom stereocenters. The number of aromatic nitrogens is 3. The topological polar surface area (TPSA) is 34.8 Å². The lowest BCUT2D eigenvalue weighted by Crippen LogP contribution is -3.00. The van der Waals surface area contributed by atoms with Crippen molar-refractivity contribution in [2.45, 2.75) is 6.92 Å². The van der Waals surface area contributed by atoms with Crippen molar-refractivity contribution in [3.63, 3.8) is 0 Å². The van der Waals surface area contributed by atoms with Crippen LogP contribution < -0.4 is 28.5 Å². The molecule has 21 heavy (non-hydrogen) atoms. The molecule has 0 N–H and O–H groups in total. The zero-order chi connectivity index (χ0) is 13.7. The van der Waals surface area contributed by atoms with E-state index in [-0.39, 0.29) is 24.0 Å². The van der Waals surface area contributed by atoms with Gasteiger partial charge in [-0.25, -0.2) is 9.55 Å². The van der Waals surface area contributed by atoms with Crippen molar-refractivity contribution < 1.29 is 33.0 Å². The van der Waals surface area contributed by atoms with Gasteiger partial charge in [0.05, 0.1) is 7.05 Å². The predicted octanol–water partition coefficient (Wildman–Crippen LogP) is -0.0914. The van der Waals surface area contributed by atoms with Gasteiger partial charge in [0.1, 0.15) is 12.4 Å². The third-order valence-electron chi connectivity index (χ3n) is 3.53. The second-order valence-corrected chi connectivity index (χ2v) is 5.05. The number of nitrogens with zero attached hydrogens (tertiary/aromatic N) is 3. The van der Waals surface area contributed by atoms with Gasteiger partial charge in [0.15, 0.2) is 11.3 Å². The van der Waals surface area contributed by atoms with E-state index < -0.39 is 0 Å². The van der Waals surface area contributed by atoms with E-state index in [2.05, 4.69) is 27.8 Å². The zero-order valence-electron chi connectivity index (χ0n) is 11.7. The Balaban J connectivity index is 0.00000132. The predicted molar refractivity (Wildman–Crippen MR) is 76.8 cm³/mol. The van der Waals surface area contributed by atoms with Gasteiger partial charge in [-0.05, 0) is 25.1 Å². The molecule has 4 rings (SSSR count). The maximum atomic E-state index is 5.99. The van der Waals surface area contributed by atoms with Crippen LogP contribution in [0.25, 0.3) is 27.8 Å². The first-order valence-corrected chi connectivity index (χ1v) is 6.55. The summed E-state index contributed by atoms with van der Waals surface area (Å²) in [6.45, 7) is 1.97. The van der Waals surface area contributed by atoms with E-state index in [1.54, 1.807) is 0 Å². The number of pyridine rings is 1. The Kier molecular flexibility index (Phi) is 3.44. The number of aryl methyl sites for hydroxylation is 2. The summed E-state index contributed by atoms with van der Waals surface area (Å²) in [4.78, 5) is 4.47. The molecule has 0 fully saturated rings. The molecule has 0 amide bonds. The minimum Gasteiger partial charge on any atom is -1.00 e. The third kappa shape index (κ3) is 2.21. The van der Waals surface area contributed by atoms with Crippen LogP contribution in [-0.4, -0.2) is 9.55 Å². The number of furan rings is 1. The first-order valence-electron chi connectivity index (χ1n) is 6.55. The molecule has 3 aromatic heterocycles. The van der Waals surface area contributed by atoms with Gasteiger partial charge in [-0.1, -0.05) is 12.1 Å². The molecule has 0 saturated carbocycles. The lowest BCUT2D eigenvalue weighted by Gasteiger charge is -1.96.